The van der Waals surface area contributed by atoms with Gasteiger partial charge in [0, 0.05) is 0 Å². The number of hydrogen-bond acceptors (Lipinski definition) is 4. The van der Waals surface area contributed by atoms with E-state index in [0.29, 0.717) is 11.5 Å². The molecule has 3 atom stereocenters. The summed E-state index contributed by atoms with van der Waals surface area (Å²) in [5.41, 5.74) is 2.76. The second kappa shape index (κ2) is 8.56. The molecule has 1 heterocycles. The van der Waals surface area contributed by atoms with E-state index < -0.39 is 0 Å². The molecule has 1 aliphatic heterocycles. The molecule has 0 N–H and O–H groups in total. The van der Waals surface area contributed by atoms with Crippen molar-refractivity contribution in [3.05, 3.63) is 71.3 Å². The minimum Gasteiger partial charge on any atom is -0.456 e. The number of carbonyl (C=O) groups is 1. The highest BCUT2D eigenvalue weighted by Crippen LogP contribution is 2.51. The summed E-state index contributed by atoms with van der Waals surface area (Å²) in [6.07, 6.45) is 2.25. The van der Waals surface area contributed by atoms with Crippen molar-refractivity contribution in [2.75, 3.05) is 0 Å². The molecule has 0 saturated heterocycles. The van der Waals surface area contributed by atoms with Crippen LogP contribution in [0.3, 0.4) is 0 Å². The summed E-state index contributed by atoms with van der Waals surface area (Å²) >= 11 is 0. The minimum absolute atomic E-state index is 0.176. The summed E-state index contributed by atoms with van der Waals surface area (Å²) in [6.45, 7) is 15.8. The summed E-state index contributed by atoms with van der Waals surface area (Å²) in [5, 5.41) is 2.16. The molecule has 178 valence electrons. The van der Waals surface area contributed by atoms with Crippen LogP contribution in [0.5, 0.6) is 0 Å². The van der Waals surface area contributed by atoms with Gasteiger partial charge in [-0.15, -0.1) is 0 Å². The van der Waals surface area contributed by atoms with Gasteiger partial charge in [-0.25, -0.2) is 4.79 Å². The number of ether oxygens (including phenoxy) is 1. The lowest BCUT2D eigenvalue weighted by Crippen LogP contribution is -2.52. The monoisotopic (exact) mass is 449 g/mol. The van der Waals surface area contributed by atoms with E-state index in [1.54, 1.807) is 0 Å². The first kappa shape index (κ1) is 24.0. The van der Waals surface area contributed by atoms with Crippen LogP contribution >= 0.6 is 0 Å². The lowest BCUT2D eigenvalue weighted by molar-refractivity contribution is -0.309. The lowest BCUT2D eigenvalue weighted by Gasteiger charge is -2.46. The SMILES string of the molecule is CC(C)(C)[C@@H]1CC[C@@H](OC(=O)c2ccccc2)[C@@H](ON2C(C)(C)c3ccccc3C2(C)C)C1. The fourth-order valence-corrected chi connectivity index (χ4v) is 5.78. The molecule has 4 rings (SSSR count). The predicted molar refractivity (Wildman–Crippen MR) is 132 cm³/mol. The largest absolute Gasteiger partial charge is 0.456 e. The molecule has 2 aromatic carbocycles. The number of rotatable bonds is 4. The average molecular weight is 450 g/mol. The van der Waals surface area contributed by atoms with Crippen molar-refractivity contribution < 1.29 is 14.4 Å². The molecule has 0 radical (unpaired) electrons. The Labute approximate surface area is 199 Å². The zero-order chi connectivity index (χ0) is 24.0. The number of carbonyl (C=O) groups excluding carboxylic acids is 1. The Hall–Kier alpha value is -2.17. The first-order valence-electron chi connectivity index (χ1n) is 12.3. The van der Waals surface area contributed by atoms with E-state index in [-0.39, 0.29) is 34.7 Å². The Bertz CT molecular complexity index is 954. The van der Waals surface area contributed by atoms with Crippen LogP contribution in [0.2, 0.25) is 0 Å². The van der Waals surface area contributed by atoms with E-state index in [1.807, 2.05) is 30.3 Å². The first-order valence-corrected chi connectivity index (χ1v) is 12.3. The Kier molecular flexibility index (Phi) is 6.22. The zero-order valence-electron chi connectivity index (χ0n) is 21.2. The van der Waals surface area contributed by atoms with Crippen LogP contribution in [-0.2, 0) is 20.7 Å². The standard InChI is InChI=1S/C29H39NO3/c1-27(2,3)21-17-18-24(32-26(31)20-13-9-8-10-14-20)25(19-21)33-30-28(4,5)22-15-11-12-16-23(22)29(30,6)7/h8-16,21,24-25H,17-19H2,1-7H3/t21-,24-,25+/m1/s1. The zero-order valence-corrected chi connectivity index (χ0v) is 21.2. The van der Waals surface area contributed by atoms with Crippen molar-refractivity contribution in [3.63, 3.8) is 0 Å². The van der Waals surface area contributed by atoms with Crippen LogP contribution in [0.1, 0.15) is 89.2 Å². The van der Waals surface area contributed by atoms with Gasteiger partial charge >= 0.3 is 5.97 Å². The molecule has 0 bridgehead atoms. The number of benzene rings is 2. The van der Waals surface area contributed by atoms with Crippen molar-refractivity contribution >= 4 is 5.97 Å². The molecular formula is C29H39NO3. The minimum atomic E-state index is -0.289. The Morgan fingerprint density at radius 1 is 0.848 bits per heavy atom. The van der Waals surface area contributed by atoms with Crippen LogP contribution in [0.15, 0.2) is 54.6 Å². The van der Waals surface area contributed by atoms with Gasteiger partial charge in [0.1, 0.15) is 12.2 Å². The van der Waals surface area contributed by atoms with E-state index in [9.17, 15) is 4.79 Å². The number of nitrogens with zero attached hydrogens (tertiary/aromatic N) is 1. The van der Waals surface area contributed by atoms with E-state index in [4.69, 9.17) is 9.57 Å². The third-order valence-corrected chi connectivity index (χ3v) is 7.73. The Morgan fingerprint density at radius 3 is 1.94 bits per heavy atom. The van der Waals surface area contributed by atoms with Gasteiger partial charge in [-0.05, 0) is 81.5 Å². The quantitative estimate of drug-likeness (QED) is 0.479. The van der Waals surface area contributed by atoms with Gasteiger partial charge in [0.25, 0.3) is 0 Å². The molecule has 1 fully saturated rings. The van der Waals surface area contributed by atoms with Gasteiger partial charge in [-0.2, -0.15) is 5.06 Å². The fourth-order valence-electron chi connectivity index (χ4n) is 5.78. The van der Waals surface area contributed by atoms with Crippen molar-refractivity contribution in [1.29, 1.82) is 0 Å². The number of fused-ring (bicyclic) bond motifs is 1. The molecule has 2 aromatic rings. The predicted octanol–water partition coefficient (Wildman–Crippen LogP) is 6.84. The summed E-state index contributed by atoms with van der Waals surface area (Å²) < 4.78 is 6.08. The summed E-state index contributed by atoms with van der Waals surface area (Å²) in [5.74, 6) is 0.233. The molecule has 1 aliphatic carbocycles. The Morgan fingerprint density at radius 2 is 1.39 bits per heavy atom. The highest BCUT2D eigenvalue weighted by atomic mass is 16.7. The van der Waals surface area contributed by atoms with Gasteiger partial charge in [0.05, 0.1) is 16.6 Å². The van der Waals surface area contributed by atoms with Crippen molar-refractivity contribution in [2.24, 2.45) is 11.3 Å². The molecular weight excluding hydrogens is 410 g/mol. The molecule has 4 heteroatoms. The second-order valence-corrected chi connectivity index (χ2v) is 11.8. The Balaban J connectivity index is 1.62. The van der Waals surface area contributed by atoms with Gasteiger partial charge in [-0.1, -0.05) is 63.2 Å². The molecule has 33 heavy (non-hydrogen) atoms. The average Bonchev–Trinajstić information content (AvgIpc) is 2.92. The van der Waals surface area contributed by atoms with E-state index in [0.717, 1.165) is 19.3 Å². The van der Waals surface area contributed by atoms with Gasteiger partial charge < -0.3 is 4.74 Å². The van der Waals surface area contributed by atoms with Crippen LogP contribution in [-0.4, -0.2) is 23.2 Å². The molecule has 4 nitrogen and oxygen atoms in total. The van der Waals surface area contributed by atoms with Crippen molar-refractivity contribution in [2.45, 2.75) is 91.0 Å². The summed E-state index contributed by atoms with van der Waals surface area (Å²) in [7, 11) is 0. The molecule has 0 unspecified atom stereocenters. The maximum absolute atomic E-state index is 12.9. The second-order valence-electron chi connectivity index (χ2n) is 11.8. The molecule has 0 aromatic heterocycles. The molecule has 1 saturated carbocycles. The van der Waals surface area contributed by atoms with Crippen molar-refractivity contribution in [1.82, 2.24) is 5.06 Å². The number of esters is 1. The van der Waals surface area contributed by atoms with E-state index >= 15 is 0 Å². The number of hydroxylamine groups is 2. The van der Waals surface area contributed by atoms with Crippen molar-refractivity contribution in [3.8, 4) is 0 Å². The van der Waals surface area contributed by atoms with Crippen LogP contribution in [0.25, 0.3) is 0 Å². The van der Waals surface area contributed by atoms with Gasteiger partial charge in [0.15, 0.2) is 0 Å². The van der Waals surface area contributed by atoms with Gasteiger partial charge in [0.2, 0.25) is 0 Å². The number of hydrogen-bond donors (Lipinski definition) is 0. The maximum Gasteiger partial charge on any atom is 0.338 e. The fraction of sp³-hybridized carbons (Fsp3) is 0.552. The first-order chi connectivity index (χ1) is 15.4. The highest BCUT2D eigenvalue weighted by molar-refractivity contribution is 5.89. The molecule has 0 amide bonds. The topological polar surface area (TPSA) is 38.8 Å². The van der Waals surface area contributed by atoms with E-state index in [1.165, 1.54) is 11.1 Å². The summed E-state index contributed by atoms with van der Waals surface area (Å²) in [4.78, 5) is 19.8. The molecule has 0 spiro atoms. The normalized spacial score (nSPS) is 26.6. The smallest absolute Gasteiger partial charge is 0.338 e. The van der Waals surface area contributed by atoms with Crippen LogP contribution < -0.4 is 0 Å². The maximum atomic E-state index is 12.9. The van der Waals surface area contributed by atoms with Crippen LogP contribution in [0.4, 0.5) is 0 Å². The third-order valence-electron chi connectivity index (χ3n) is 7.73. The van der Waals surface area contributed by atoms with Crippen LogP contribution in [0, 0.1) is 11.3 Å². The summed E-state index contributed by atoms with van der Waals surface area (Å²) in [6, 6.07) is 17.9. The highest BCUT2D eigenvalue weighted by Gasteiger charge is 2.52. The molecule has 2 aliphatic rings. The van der Waals surface area contributed by atoms with Gasteiger partial charge in [-0.3, -0.25) is 4.84 Å². The van der Waals surface area contributed by atoms with E-state index in [2.05, 4.69) is 77.8 Å². The third kappa shape index (κ3) is 4.48. The lowest BCUT2D eigenvalue weighted by atomic mass is 9.71.